The van der Waals surface area contributed by atoms with Crippen molar-refractivity contribution in [2.75, 3.05) is 12.3 Å². The van der Waals surface area contributed by atoms with Gasteiger partial charge in [0.25, 0.3) is 0 Å². The van der Waals surface area contributed by atoms with Crippen molar-refractivity contribution in [1.29, 1.82) is 0 Å². The van der Waals surface area contributed by atoms with Crippen LogP contribution in [0.3, 0.4) is 0 Å². The minimum atomic E-state index is -3.08. The first-order valence-electron chi connectivity index (χ1n) is 6.37. The smallest absolute Gasteiger partial charge is 0.220 e. The van der Waals surface area contributed by atoms with Crippen LogP contribution < -0.4 is 5.32 Å². The van der Waals surface area contributed by atoms with Gasteiger partial charge in [-0.1, -0.05) is 29.8 Å². The average molecular weight is 314 g/mol. The van der Waals surface area contributed by atoms with E-state index < -0.39 is 9.84 Å². The number of carbonyl (C=O) groups is 1. The lowest BCUT2D eigenvalue weighted by Gasteiger charge is -2.08. The van der Waals surface area contributed by atoms with Crippen LogP contribution in [-0.4, -0.2) is 26.6 Å². The maximum absolute atomic E-state index is 11.7. The number of hydrogen-bond donors (Lipinski definition) is 1. The molecule has 1 aliphatic heterocycles. The van der Waals surface area contributed by atoms with Gasteiger partial charge in [0.2, 0.25) is 5.91 Å². The molecule has 1 amide bonds. The molecule has 6 heteroatoms. The molecule has 1 N–H and O–H groups in total. The van der Waals surface area contributed by atoms with Crippen molar-refractivity contribution >= 4 is 27.3 Å². The van der Waals surface area contributed by atoms with Crippen LogP contribution in [-0.2, 0) is 21.1 Å². The molecule has 0 aliphatic carbocycles. The number of sulfone groups is 1. The number of amides is 1. The Hall–Kier alpha value is -1.33. The fourth-order valence-electron chi connectivity index (χ4n) is 2.07. The fraction of sp³-hybridized carbons (Fsp3) is 0.357. The predicted molar refractivity (Wildman–Crippen MR) is 79.2 cm³/mol. The zero-order chi connectivity index (χ0) is 14.6. The van der Waals surface area contributed by atoms with Crippen LogP contribution in [0.5, 0.6) is 0 Å². The van der Waals surface area contributed by atoms with Crippen molar-refractivity contribution in [3.05, 3.63) is 46.3 Å². The Morgan fingerprint density at radius 3 is 2.60 bits per heavy atom. The minimum Gasteiger partial charge on any atom is -0.356 e. The Labute approximate surface area is 123 Å². The van der Waals surface area contributed by atoms with Crippen molar-refractivity contribution in [3.8, 4) is 0 Å². The zero-order valence-corrected chi connectivity index (χ0v) is 12.5. The van der Waals surface area contributed by atoms with Crippen molar-refractivity contribution in [2.24, 2.45) is 5.92 Å². The molecule has 2 rings (SSSR count). The van der Waals surface area contributed by atoms with Crippen LogP contribution in [0.25, 0.3) is 0 Å². The van der Waals surface area contributed by atoms with E-state index >= 15 is 0 Å². The highest BCUT2D eigenvalue weighted by molar-refractivity contribution is 7.94. The van der Waals surface area contributed by atoms with Crippen LogP contribution in [0.1, 0.15) is 12.0 Å². The molecule has 0 spiro atoms. The number of nitrogens with one attached hydrogen (secondary N) is 1. The maximum atomic E-state index is 11.7. The van der Waals surface area contributed by atoms with Crippen molar-refractivity contribution in [3.63, 3.8) is 0 Å². The molecule has 0 fully saturated rings. The van der Waals surface area contributed by atoms with Gasteiger partial charge in [0.05, 0.1) is 5.75 Å². The highest BCUT2D eigenvalue weighted by Crippen LogP contribution is 2.17. The third-order valence-electron chi connectivity index (χ3n) is 3.10. The van der Waals surface area contributed by atoms with E-state index in [1.807, 2.05) is 24.3 Å². The van der Waals surface area contributed by atoms with Gasteiger partial charge >= 0.3 is 0 Å². The molecular weight excluding hydrogens is 298 g/mol. The highest BCUT2D eigenvalue weighted by atomic mass is 35.5. The third kappa shape index (κ3) is 4.65. The molecule has 4 nitrogen and oxygen atoms in total. The Morgan fingerprint density at radius 1 is 1.30 bits per heavy atom. The topological polar surface area (TPSA) is 63.2 Å². The van der Waals surface area contributed by atoms with Gasteiger partial charge in [0.15, 0.2) is 9.84 Å². The Bertz CT molecular complexity index is 608. The normalized spacial score (nSPS) is 19.9. The molecule has 0 radical (unpaired) electrons. The molecule has 1 aromatic rings. The van der Waals surface area contributed by atoms with Crippen LogP contribution in [0, 0.1) is 5.92 Å². The van der Waals surface area contributed by atoms with E-state index in [0.29, 0.717) is 11.6 Å². The first-order chi connectivity index (χ1) is 9.44. The molecule has 0 saturated carbocycles. The van der Waals surface area contributed by atoms with Crippen LogP contribution in [0.4, 0.5) is 0 Å². The summed E-state index contributed by atoms with van der Waals surface area (Å²) >= 11 is 5.79. The first-order valence-corrected chi connectivity index (χ1v) is 8.46. The van der Waals surface area contributed by atoms with Gasteiger partial charge < -0.3 is 5.32 Å². The SMILES string of the molecule is O=C(C[C@@H]1C=CS(=O)(=O)C1)NCCc1ccc(Cl)cc1. The predicted octanol–water partition coefficient (Wildman–Crippen LogP) is 1.95. The van der Waals surface area contributed by atoms with Gasteiger partial charge in [0.1, 0.15) is 0 Å². The van der Waals surface area contributed by atoms with Crippen molar-refractivity contribution in [1.82, 2.24) is 5.32 Å². The lowest BCUT2D eigenvalue weighted by Crippen LogP contribution is -2.27. The number of hydrogen-bond acceptors (Lipinski definition) is 3. The zero-order valence-electron chi connectivity index (χ0n) is 10.9. The van der Waals surface area contributed by atoms with Gasteiger partial charge in [0, 0.05) is 29.3 Å². The monoisotopic (exact) mass is 313 g/mol. The number of rotatable bonds is 5. The maximum Gasteiger partial charge on any atom is 0.220 e. The molecule has 0 aromatic heterocycles. The molecule has 20 heavy (non-hydrogen) atoms. The molecule has 0 saturated heterocycles. The van der Waals surface area contributed by atoms with E-state index in [0.717, 1.165) is 12.0 Å². The average Bonchev–Trinajstić information content (AvgIpc) is 2.71. The number of halogens is 1. The summed E-state index contributed by atoms with van der Waals surface area (Å²) in [6, 6.07) is 7.46. The first kappa shape index (κ1) is 15.1. The van der Waals surface area contributed by atoms with Crippen LogP contribution in [0.15, 0.2) is 35.7 Å². The van der Waals surface area contributed by atoms with Gasteiger partial charge in [-0.2, -0.15) is 0 Å². The van der Waals surface area contributed by atoms with E-state index in [1.54, 1.807) is 6.08 Å². The van der Waals surface area contributed by atoms with Crippen LogP contribution in [0.2, 0.25) is 5.02 Å². The molecule has 1 atom stereocenters. The van der Waals surface area contributed by atoms with Crippen molar-refractivity contribution in [2.45, 2.75) is 12.8 Å². The number of allylic oxidation sites excluding steroid dienone is 1. The summed E-state index contributed by atoms with van der Waals surface area (Å²) in [7, 11) is -3.08. The molecule has 1 aromatic carbocycles. The Morgan fingerprint density at radius 2 is 2.00 bits per heavy atom. The van der Waals surface area contributed by atoms with E-state index in [-0.39, 0.29) is 24.0 Å². The summed E-state index contributed by atoms with van der Waals surface area (Å²) in [5.41, 5.74) is 1.10. The summed E-state index contributed by atoms with van der Waals surface area (Å²) < 4.78 is 22.4. The second-order valence-corrected chi connectivity index (χ2v) is 7.22. The summed E-state index contributed by atoms with van der Waals surface area (Å²) in [6.07, 6.45) is 2.53. The number of carbonyl (C=O) groups excluding carboxylic acids is 1. The largest absolute Gasteiger partial charge is 0.356 e. The summed E-state index contributed by atoms with van der Waals surface area (Å²) in [5, 5.41) is 4.68. The van der Waals surface area contributed by atoms with Gasteiger partial charge in [-0.05, 0) is 24.1 Å². The lowest BCUT2D eigenvalue weighted by atomic mass is 10.1. The molecule has 1 aliphatic rings. The second-order valence-electron chi connectivity index (χ2n) is 4.85. The Kier molecular flexibility index (Phi) is 4.83. The molecule has 0 unspecified atom stereocenters. The van der Waals surface area contributed by atoms with E-state index in [9.17, 15) is 13.2 Å². The lowest BCUT2D eigenvalue weighted by molar-refractivity contribution is -0.121. The van der Waals surface area contributed by atoms with E-state index in [1.165, 1.54) is 5.41 Å². The third-order valence-corrected chi connectivity index (χ3v) is 4.82. The molecule has 108 valence electrons. The standard InChI is InChI=1S/C14H16ClNO3S/c15-13-3-1-11(2-4-13)5-7-16-14(17)9-12-6-8-20(18,19)10-12/h1-4,6,8,12H,5,7,9-10H2,(H,16,17)/t12-/m0/s1. The highest BCUT2D eigenvalue weighted by Gasteiger charge is 2.23. The quantitative estimate of drug-likeness (QED) is 0.903. The molecule has 1 heterocycles. The second kappa shape index (κ2) is 6.41. The van der Waals surface area contributed by atoms with E-state index in [4.69, 9.17) is 11.6 Å². The van der Waals surface area contributed by atoms with Gasteiger partial charge in [-0.25, -0.2) is 8.42 Å². The van der Waals surface area contributed by atoms with Crippen molar-refractivity contribution < 1.29 is 13.2 Å². The summed E-state index contributed by atoms with van der Waals surface area (Å²) in [6.45, 7) is 0.531. The van der Waals surface area contributed by atoms with Gasteiger partial charge in [-0.15, -0.1) is 0 Å². The van der Waals surface area contributed by atoms with Gasteiger partial charge in [-0.3, -0.25) is 4.79 Å². The Balaban J connectivity index is 1.71. The fourth-order valence-corrected chi connectivity index (χ4v) is 3.60. The summed E-state index contributed by atoms with van der Waals surface area (Å²) in [5.74, 6) is -0.279. The number of benzene rings is 1. The van der Waals surface area contributed by atoms with Crippen LogP contribution >= 0.6 is 11.6 Å². The van der Waals surface area contributed by atoms with E-state index in [2.05, 4.69) is 5.32 Å². The summed E-state index contributed by atoms with van der Waals surface area (Å²) in [4.78, 5) is 11.7. The molecular formula is C14H16ClNO3S. The molecule has 0 bridgehead atoms. The minimum absolute atomic E-state index is 0.0393.